The zero-order chi connectivity index (χ0) is 15.4. The van der Waals surface area contributed by atoms with Gasteiger partial charge in [0, 0.05) is 21.3 Å². The summed E-state index contributed by atoms with van der Waals surface area (Å²) in [5.41, 5.74) is 2.70. The molecular formula is C16H12ClNO2S2. The predicted octanol–water partition coefficient (Wildman–Crippen LogP) is 4.81. The van der Waals surface area contributed by atoms with Crippen LogP contribution in [0.3, 0.4) is 0 Å². The molecule has 0 amide bonds. The Kier molecular flexibility index (Phi) is 4.87. The van der Waals surface area contributed by atoms with Gasteiger partial charge in [-0.15, -0.1) is 11.3 Å². The van der Waals surface area contributed by atoms with Crippen molar-refractivity contribution >= 4 is 40.2 Å². The van der Waals surface area contributed by atoms with E-state index in [1.807, 2.05) is 34.3 Å². The highest BCUT2D eigenvalue weighted by atomic mass is 35.5. The Hall–Kier alpha value is -1.69. The maximum atomic E-state index is 11.9. The summed E-state index contributed by atoms with van der Waals surface area (Å²) in [5.74, 6) is -0.290. The van der Waals surface area contributed by atoms with Crippen molar-refractivity contribution in [2.75, 3.05) is 0 Å². The van der Waals surface area contributed by atoms with Crippen molar-refractivity contribution < 1.29 is 9.53 Å². The van der Waals surface area contributed by atoms with E-state index >= 15 is 0 Å². The lowest BCUT2D eigenvalue weighted by atomic mass is 10.2. The molecular weight excluding hydrogens is 338 g/mol. The van der Waals surface area contributed by atoms with Gasteiger partial charge in [0.05, 0.1) is 12.1 Å². The van der Waals surface area contributed by atoms with Crippen LogP contribution < -0.4 is 0 Å². The fourth-order valence-electron chi connectivity index (χ4n) is 1.90. The summed E-state index contributed by atoms with van der Waals surface area (Å²) in [4.78, 5) is 16.3. The molecule has 0 aliphatic carbocycles. The van der Waals surface area contributed by atoms with Gasteiger partial charge in [-0.3, -0.25) is 4.79 Å². The number of halogens is 1. The molecule has 112 valence electrons. The van der Waals surface area contributed by atoms with E-state index in [9.17, 15) is 4.79 Å². The molecule has 0 bridgehead atoms. The number of carbonyl (C=O) groups is 1. The lowest BCUT2D eigenvalue weighted by Crippen LogP contribution is -2.08. The number of carbonyl (C=O) groups excluding carboxylic acids is 1. The largest absolute Gasteiger partial charge is 0.461 e. The van der Waals surface area contributed by atoms with Crippen molar-refractivity contribution in [2.24, 2.45) is 0 Å². The van der Waals surface area contributed by atoms with Crippen LogP contribution in [-0.4, -0.2) is 11.0 Å². The standard InChI is InChI=1S/C16H12ClNO2S2/c17-13-3-1-2-11(6-13)8-20-15(19)7-14-10-22-16(18-14)12-4-5-21-9-12/h1-6,9-10H,7-8H2. The van der Waals surface area contributed by atoms with Crippen LogP contribution in [0.25, 0.3) is 10.6 Å². The summed E-state index contributed by atoms with van der Waals surface area (Å²) in [5, 5.41) is 7.51. The summed E-state index contributed by atoms with van der Waals surface area (Å²) in [6, 6.07) is 9.29. The van der Waals surface area contributed by atoms with Crippen LogP contribution in [-0.2, 0) is 22.6 Å². The highest BCUT2D eigenvalue weighted by Crippen LogP contribution is 2.25. The van der Waals surface area contributed by atoms with Gasteiger partial charge in [0.2, 0.25) is 0 Å². The smallest absolute Gasteiger partial charge is 0.312 e. The van der Waals surface area contributed by atoms with Crippen molar-refractivity contribution in [1.82, 2.24) is 4.98 Å². The Morgan fingerprint density at radius 3 is 2.95 bits per heavy atom. The summed E-state index contributed by atoms with van der Waals surface area (Å²) >= 11 is 9.06. The number of rotatable bonds is 5. The van der Waals surface area contributed by atoms with Gasteiger partial charge in [0.1, 0.15) is 11.6 Å². The molecule has 3 rings (SSSR count). The zero-order valence-corrected chi connectivity index (χ0v) is 13.9. The van der Waals surface area contributed by atoms with Gasteiger partial charge in [-0.25, -0.2) is 4.98 Å². The van der Waals surface area contributed by atoms with Crippen molar-refractivity contribution in [3.05, 3.63) is 62.8 Å². The van der Waals surface area contributed by atoms with Gasteiger partial charge in [-0.2, -0.15) is 11.3 Å². The van der Waals surface area contributed by atoms with Gasteiger partial charge in [0.15, 0.2) is 0 Å². The van der Waals surface area contributed by atoms with Crippen LogP contribution in [0.15, 0.2) is 46.5 Å². The minimum absolute atomic E-state index is 0.182. The highest BCUT2D eigenvalue weighted by molar-refractivity contribution is 7.14. The van der Waals surface area contributed by atoms with E-state index in [2.05, 4.69) is 4.98 Å². The molecule has 0 N–H and O–H groups in total. The van der Waals surface area contributed by atoms with E-state index in [4.69, 9.17) is 16.3 Å². The van der Waals surface area contributed by atoms with Crippen LogP contribution in [0, 0.1) is 0 Å². The van der Waals surface area contributed by atoms with Gasteiger partial charge in [-0.05, 0) is 29.1 Å². The summed E-state index contributed by atoms with van der Waals surface area (Å²) in [6.45, 7) is 0.223. The summed E-state index contributed by atoms with van der Waals surface area (Å²) in [6.07, 6.45) is 0.182. The second-order valence-corrected chi connectivity index (χ2v) is 6.70. The lowest BCUT2D eigenvalue weighted by molar-refractivity contribution is -0.144. The van der Waals surface area contributed by atoms with E-state index in [1.54, 1.807) is 23.5 Å². The number of benzene rings is 1. The lowest BCUT2D eigenvalue weighted by Gasteiger charge is -2.04. The van der Waals surface area contributed by atoms with Crippen molar-refractivity contribution in [3.63, 3.8) is 0 Å². The number of aromatic nitrogens is 1. The van der Waals surface area contributed by atoms with Gasteiger partial charge >= 0.3 is 5.97 Å². The average molecular weight is 350 g/mol. The van der Waals surface area contributed by atoms with E-state index in [0.717, 1.165) is 21.8 Å². The molecule has 0 spiro atoms. The van der Waals surface area contributed by atoms with Crippen molar-refractivity contribution in [3.8, 4) is 10.6 Å². The summed E-state index contributed by atoms with van der Waals surface area (Å²) in [7, 11) is 0. The molecule has 0 atom stereocenters. The normalized spacial score (nSPS) is 10.6. The Bertz CT molecular complexity index is 768. The molecule has 0 aliphatic heterocycles. The first-order chi connectivity index (χ1) is 10.7. The molecule has 0 unspecified atom stereocenters. The first kappa shape index (κ1) is 15.2. The second kappa shape index (κ2) is 7.05. The van der Waals surface area contributed by atoms with Crippen LogP contribution in [0.5, 0.6) is 0 Å². The average Bonchev–Trinajstić information content (AvgIpc) is 3.16. The van der Waals surface area contributed by atoms with E-state index in [0.29, 0.717) is 5.02 Å². The van der Waals surface area contributed by atoms with Crippen molar-refractivity contribution in [2.45, 2.75) is 13.0 Å². The molecule has 0 aliphatic rings. The highest BCUT2D eigenvalue weighted by Gasteiger charge is 2.10. The number of thiophene rings is 1. The third kappa shape index (κ3) is 3.94. The monoisotopic (exact) mass is 349 g/mol. The van der Waals surface area contributed by atoms with Crippen LogP contribution in [0.4, 0.5) is 0 Å². The van der Waals surface area contributed by atoms with E-state index < -0.39 is 0 Å². The molecule has 0 radical (unpaired) electrons. The third-order valence-corrected chi connectivity index (χ3v) is 4.79. The molecule has 0 fully saturated rings. The molecule has 6 heteroatoms. The Labute approximate surface area is 141 Å². The minimum atomic E-state index is -0.290. The molecule has 3 nitrogen and oxygen atoms in total. The maximum absolute atomic E-state index is 11.9. The van der Waals surface area contributed by atoms with Crippen molar-refractivity contribution in [1.29, 1.82) is 0 Å². The predicted molar refractivity (Wildman–Crippen MR) is 90.4 cm³/mol. The fourth-order valence-corrected chi connectivity index (χ4v) is 3.64. The van der Waals surface area contributed by atoms with E-state index in [1.165, 1.54) is 11.3 Å². The van der Waals surface area contributed by atoms with Gasteiger partial charge < -0.3 is 4.74 Å². The third-order valence-electron chi connectivity index (χ3n) is 2.93. The molecule has 3 aromatic rings. The maximum Gasteiger partial charge on any atom is 0.312 e. The minimum Gasteiger partial charge on any atom is -0.461 e. The number of hydrogen-bond donors (Lipinski definition) is 0. The number of ether oxygens (including phenoxy) is 1. The Balaban J connectivity index is 1.56. The quantitative estimate of drug-likeness (QED) is 0.620. The molecule has 22 heavy (non-hydrogen) atoms. The van der Waals surface area contributed by atoms with Crippen LogP contribution in [0.1, 0.15) is 11.3 Å². The molecule has 2 heterocycles. The van der Waals surface area contributed by atoms with Gasteiger partial charge in [0.25, 0.3) is 0 Å². The number of hydrogen-bond acceptors (Lipinski definition) is 5. The second-order valence-electron chi connectivity index (χ2n) is 4.62. The molecule has 0 saturated heterocycles. The first-order valence-corrected chi connectivity index (χ1v) is 8.78. The molecule has 1 aromatic carbocycles. The van der Waals surface area contributed by atoms with Gasteiger partial charge in [-0.1, -0.05) is 23.7 Å². The number of esters is 1. The topological polar surface area (TPSA) is 39.2 Å². The number of nitrogens with zero attached hydrogens (tertiary/aromatic N) is 1. The van der Waals surface area contributed by atoms with Crippen LogP contribution in [0.2, 0.25) is 5.02 Å². The Morgan fingerprint density at radius 2 is 2.18 bits per heavy atom. The Morgan fingerprint density at radius 1 is 1.27 bits per heavy atom. The summed E-state index contributed by atoms with van der Waals surface area (Å²) < 4.78 is 5.26. The first-order valence-electron chi connectivity index (χ1n) is 6.58. The van der Waals surface area contributed by atoms with E-state index in [-0.39, 0.29) is 19.0 Å². The molecule has 2 aromatic heterocycles. The fraction of sp³-hybridized carbons (Fsp3) is 0.125. The zero-order valence-electron chi connectivity index (χ0n) is 11.5. The SMILES string of the molecule is O=C(Cc1csc(-c2ccsc2)n1)OCc1cccc(Cl)c1. The number of thiazole rings is 1. The van der Waals surface area contributed by atoms with Crippen LogP contribution >= 0.6 is 34.3 Å². The molecule has 0 saturated carbocycles.